The molecule has 25 heavy (non-hydrogen) atoms. The third-order valence-electron chi connectivity index (χ3n) is 3.26. The molecule has 0 aromatic heterocycles. The van der Waals surface area contributed by atoms with Crippen LogP contribution in [0.25, 0.3) is 6.08 Å². The zero-order chi connectivity index (χ0) is 18.2. The second-order valence-electron chi connectivity index (χ2n) is 4.95. The summed E-state index contributed by atoms with van der Waals surface area (Å²) >= 11 is 0.992. The summed E-state index contributed by atoms with van der Waals surface area (Å²) in [5, 5.41) is 10.5. The Morgan fingerprint density at radius 2 is 1.76 bits per heavy atom. The molecule has 0 saturated carbocycles. The molecule has 0 aliphatic heterocycles. The van der Waals surface area contributed by atoms with Crippen molar-refractivity contribution >= 4 is 34.6 Å². The minimum Gasteiger partial charge on any atom is -0.466 e. The minimum absolute atomic E-state index is 0.0367. The van der Waals surface area contributed by atoms with E-state index in [4.69, 9.17) is 4.74 Å². The molecule has 0 bridgehead atoms. The number of nitrogens with zero attached hydrogens (tertiary/aromatic N) is 1. The molecular formula is C18H15NO5S. The van der Waals surface area contributed by atoms with E-state index < -0.39 is 10.9 Å². The number of carbonyl (C=O) groups excluding carboxylic acids is 2. The third-order valence-corrected chi connectivity index (χ3v) is 4.21. The van der Waals surface area contributed by atoms with Gasteiger partial charge in [-0.2, -0.15) is 0 Å². The summed E-state index contributed by atoms with van der Waals surface area (Å²) in [6.45, 7) is 0. The number of rotatable bonds is 6. The molecule has 0 radical (unpaired) electrons. The molecular weight excluding hydrogens is 342 g/mol. The largest absolute Gasteiger partial charge is 0.466 e. The van der Waals surface area contributed by atoms with Gasteiger partial charge in [-0.3, -0.25) is 14.9 Å². The van der Waals surface area contributed by atoms with Crippen LogP contribution in [0.1, 0.15) is 15.9 Å². The summed E-state index contributed by atoms with van der Waals surface area (Å²) in [5.74, 6) is -0.413. The topological polar surface area (TPSA) is 86.5 Å². The lowest BCUT2D eigenvalue weighted by molar-refractivity contribution is -0.384. The van der Waals surface area contributed by atoms with Crippen molar-refractivity contribution in [2.45, 2.75) is 0 Å². The maximum Gasteiger partial charge on any atom is 0.334 e. The highest BCUT2D eigenvalue weighted by Gasteiger charge is 2.14. The molecule has 0 fully saturated rings. The van der Waals surface area contributed by atoms with Gasteiger partial charge >= 0.3 is 5.97 Å². The first-order valence-electron chi connectivity index (χ1n) is 7.27. The molecule has 0 amide bonds. The number of hydrogen-bond acceptors (Lipinski definition) is 6. The first kappa shape index (κ1) is 18.4. The summed E-state index contributed by atoms with van der Waals surface area (Å²) in [5.41, 5.74) is 1.42. The average molecular weight is 357 g/mol. The van der Waals surface area contributed by atoms with Crippen LogP contribution in [0.2, 0.25) is 0 Å². The van der Waals surface area contributed by atoms with Crippen LogP contribution in [0, 0.1) is 10.1 Å². The summed E-state index contributed by atoms with van der Waals surface area (Å²) < 4.78 is 4.74. The number of benzene rings is 2. The van der Waals surface area contributed by atoms with E-state index in [2.05, 4.69) is 0 Å². The average Bonchev–Trinajstić information content (AvgIpc) is 2.65. The first-order chi connectivity index (χ1) is 12.0. The smallest absolute Gasteiger partial charge is 0.334 e. The highest BCUT2D eigenvalue weighted by Crippen LogP contribution is 2.20. The van der Waals surface area contributed by atoms with Crippen LogP contribution in [0.15, 0.2) is 60.2 Å². The van der Waals surface area contributed by atoms with Gasteiger partial charge in [-0.15, -0.1) is 0 Å². The Kier molecular flexibility index (Phi) is 6.47. The van der Waals surface area contributed by atoms with E-state index in [0.29, 0.717) is 16.7 Å². The molecule has 0 heterocycles. The van der Waals surface area contributed by atoms with E-state index in [0.717, 1.165) is 11.8 Å². The summed E-state index contributed by atoms with van der Waals surface area (Å²) in [6, 6.07) is 14.5. The number of nitro groups is 1. The van der Waals surface area contributed by atoms with Gasteiger partial charge in [-0.25, -0.2) is 4.79 Å². The Morgan fingerprint density at radius 1 is 1.12 bits per heavy atom. The normalized spacial score (nSPS) is 11.0. The molecule has 0 aliphatic rings. The molecule has 6 nitrogen and oxygen atoms in total. The fraction of sp³-hybridized carbons (Fsp3) is 0.111. The number of hydrogen-bond donors (Lipinski definition) is 0. The Morgan fingerprint density at radius 3 is 2.32 bits per heavy atom. The van der Waals surface area contributed by atoms with Crippen molar-refractivity contribution in [1.29, 1.82) is 0 Å². The lowest BCUT2D eigenvalue weighted by Crippen LogP contribution is -2.08. The maximum atomic E-state index is 12.1. The van der Waals surface area contributed by atoms with E-state index in [1.807, 2.05) is 6.07 Å². The van der Waals surface area contributed by atoms with Gasteiger partial charge < -0.3 is 4.74 Å². The van der Waals surface area contributed by atoms with Gasteiger partial charge in [0, 0.05) is 29.0 Å². The first-order valence-corrected chi connectivity index (χ1v) is 8.25. The number of carbonyl (C=O) groups is 2. The van der Waals surface area contributed by atoms with Gasteiger partial charge in [-0.1, -0.05) is 42.1 Å². The molecule has 0 spiro atoms. The van der Waals surface area contributed by atoms with Gasteiger partial charge in [0.25, 0.3) is 5.69 Å². The second-order valence-corrected chi connectivity index (χ2v) is 5.90. The molecule has 2 aromatic carbocycles. The van der Waals surface area contributed by atoms with Crippen LogP contribution in [-0.2, 0) is 9.53 Å². The van der Waals surface area contributed by atoms with E-state index in [-0.39, 0.29) is 16.6 Å². The summed E-state index contributed by atoms with van der Waals surface area (Å²) in [6.07, 6.45) is 1.56. The van der Waals surface area contributed by atoms with Crippen molar-refractivity contribution in [1.82, 2.24) is 0 Å². The molecule has 7 heteroatoms. The Balaban J connectivity index is 2.14. The monoisotopic (exact) mass is 357 g/mol. The molecule has 2 rings (SSSR count). The molecule has 2 aromatic rings. The summed E-state index contributed by atoms with van der Waals surface area (Å²) in [7, 11) is 1.26. The van der Waals surface area contributed by atoms with Crippen LogP contribution >= 0.6 is 11.8 Å². The van der Waals surface area contributed by atoms with E-state index >= 15 is 0 Å². The van der Waals surface area contributed by atoms with Crippen molar-refractivity contribution < 1.29 is 19.2 Å². The van der Waals surface area contributed by atoms with E-state index in [1.165, 1.54) is 31.4 Å². The van der Waals surface area contributed by atoms with Gasteiger partial charge in [-0.05, 0) is 23.8 Å². The fourth-order valence-electron chi connectivity index (χ4n) is 1.98. The maximum absolute atomic E-state index is 12.1. The Bertz CT molecular complexity index is 800. The lowest BCUT2D eigenvalue weighted by atomic mass is 10.1. The predicted molar refractivity (Wildman–Crippen MR) is 96.3 cm³/mol. The number of esters is 1. The van der Waals surface area contributed by atoms with Crippen molar-refractivity contribution in [2.75, 3.05) is 12.9 Å². The zero-order valence-corrected chi connectivity index (χ0v) is 14.2. The Hall–Kier alpha value is -2.93. The van der Waals surface area contributed by atoms with Crippen LogP contribution in [-0.4, -0.2) is 28.9 Å². The number of methoxy groups -OCH3 is 1. The van der Waals surface area contributed by atoms with Crippen molar-refractivity contribution in [3.8, 4) is 0 Å². The van der Waals surface area contributed by atoms with Gasteiger partial charge in [0.15, 0.2) is 0 Å². The highest BCUT2D eigenvalue weighted by atomic mass is 32.2. The zero-order valence-electron chi connectivity index (χ0n) is 13.4. The van der Waals surface area contributed by atoms with E-state index in [9.17, 15) is 19.7 Å². The summed E-state index contributed by atoms with van der Waals surface area (Å²) in [4.78, 5) is 34.2. The third kappa shape index (κ3) is 5.29. The molecule has 128 valence electrons. The van der Waals surface area contributed by atoms with Crippen molar-refractivity contribution in [2.24, 2.45) is 0 Å². The molecule has 0 aliphatic carbocycles. The number of non-ortho nitro benzene ring substituents is 1. The van der Waals surface area contributed by atoms with Gasteiger partial charge in [0.1, 0.15) is 0 Å². The fourth-order valence-corrected chi connectivity index (χ4v) is 2.78. The second kappa shape index (κ2) is 8.79. The molecule has 0 N–H and O–H groups in total. The van der Waals surface area contributed by atoms with E-state index in [1.54, 1.807) is 30.3 Å². The van der Waals surface area contributed by atoms with Crippen LogP contribution < -0.4 is 0 Å². The van der Waals surface area contributed by atoms with Crippen LogP contribution in [0.4, 0.5) is 5.69 Å². The van der Waals surface area contributed by atoms with Crippen LogP contribution in [0.3, 0.4) is 0 Å². The standard InChI is InChI=1S/C18H15NO5S/c1-24-17(20)15(11-13-7-9-16(10-8-13)19(22)23)12-25-18(21)14-5-3-2-4-6-14/h2-11H,12H2,1H3/b15-11+. The van der Waals surface area contributed by atoms with Gasteiger partial charge in [0.2, 0.25) is 5.12 Å². The number of nitro benzene ring substituents is 1. The van der Waals surface area contributed by atoms with Crippen molar-refractivity contribution in [3.63, 3.8) is 0 Å². The quantitative estimate of drug-likeness (QED) is 0.339. The van der Waals surface area contributed by atoms with Crippen LogP contribution in [0.5, 0.6) is 0 Å². The number of ether oxygens (including phenoxy) is 1. The van der Waals surface area contributed by atoms with Gasteiger partial charge in [0.05, 0.1) is 12.0 Å². The minimum atomic E-state index is -0.549. The molecule has 0 unspecified atom stereocenters. The SMILES string of the molecule is COC(=O)/C(=C/c1ccc([N+](=O)[O-])cc1)CSC(=O)c1ccccc1. The Labute approximate surface area is 148 Å². The lowest BCUT2D eigenvalue weighted by Gasteiger charge is -2.05. The highest BCUT2D eigenvalue weighted by molar-refractivity contribution is 8.14. The molecule has 0 atom stereocenters. The van der Waals surface area contributed by atoms with Crippen molar-refractivity contribution in [3.05, 3.63) is 81.4 Å². The molecule has 0 saturated heterocycles. The predicted octanol–water partition coefficient (Wildman–Crippen LogP) is 3.72. The number of thioether (sulfide) groups is 1.